The molecular weight excluding hydrogens is 380 g/mol. The molecule has 0 saturated heterocycles. The number of hydrogen-bond acceptors (Lipinski definition) is 4. The summed E-state index contributed by atoms with van der Waals surface area (Å²) in [5, 5.41) is 14.9. The van der Waals surface area contributed by atoms with Crippen LogP contribution in [-0.2, 0) is 0 Å². The largest absolute Gasteiger partial charge is 0.355 e. The zero-order chi connectivity index (χ0) is 17.6. The van der Waals surface area contributed by atoms with Crippen molar-refractivity contribution in [2.24, 2.45) is 0 Å². The zero-order valence-corrected chi connectivity index (χ0v) is 14.6. The van der Waals surface area contributed by atoms with E-state index in [-0.39, 0.29) is 5.91 Å². The minimum absolute atomic E-state index is 0.293. The molecule has 25 heavy (non-hydrogen) atoms. The van der Waals surface area contributed by atoms with E-state index >= 15 is 0 Å². The van der Waals surface area contributed by atoms with Crippen molar-refractivity contribution in [1.29, 1.82) is 5.26 Å². The van der Waals surface area contributed by atoms with Gasteiger partial charge in [0.05, 0.1) is 11.6 Å². The number of rotatable bonds is 4. The number of benzene rings is 2. The number of pyridine rings is 1. The number of nitrogens with one attached hydrogen (secondary N) is 2. The Kier molecular flexibility index (Phi) is 5.07. The van der Waals surface area contributed by atoms with Gasteiger partial charge in [-0.15, -0.1) is 0 Å². The maximum absolute atomic E-state index is 12.4. The third-order valence-electron chi connectivity index (χ3n) is 3.36. The lowest BCUT2D eigenvalue weighted by molar-refractivity contribution is 0.102. The first-order chi connectivity index (χ1) is 12.1. The van der Waals surface area contributed by atoms with E-state index < -0.39 is 0 Å². The van der Waals surface area contributed by atoms with Gasteiger partial charge < -0.3 is 10.6 Å². The van der Waals surface area contributed by atoms with Gasteiger partial charge in [-0.05, 0) is 48.5 Å². The molecule has 0 bridgehead atoms. The van der Waals surface area contributed by atoms with Gasteiger partial charge in [0.2, 0.25) is 0 Å². The van der Waals surface area contributed by atoms with Gasteiger partial charge in [0.15, 0.2) is 0 Å². The first-order valence-electron chi connectivity index (χ1n) is 7.44. The Morgan fingerprint density at radius 3 is 2.56 bits per heavy atom. The van der Waals surface area contributed by atoms with Crippen molar-refractivity contribution in [3.05, 3.63) is 82.6 Å². The van der Waals surface area contributed by atoms with E-state index in [1.54, 1.807) is 42.6 Å². The Balaban J connectivity index is 1.76. The molecule has 2 N–H and O–H groups in total. The molecule has 5 nitrogen and oxygen atoms in total. The normalized spacial score (nSPS) is 9.92. The number of anilines is 3. The molecule has 1 heterocycles. The van der Waals surface area contributed by atoms with Gasteiger partial charge in [-0.3, -0.25) is 9.78 Å². The third kappa shape index (κ3) is 4.43. The molecule has 0 atom stereocenters. The summed E-state index contributed by atoms with van der Waals surface area (Å²) in [6.07, 6.45) is 1.56. The van der Waals surface area contributed by atoms with Crippen molar-refractivity contribution in [3.63, 3.8) is 0 Å². The molecule has 3 aromatic rings. The van der Waals surface area contributed by atoms with Gasteiger partial charge in [0.25, 0.3) is 5.91 Å². The van der Waals surface area contributed by atoms with Crippen molar-refractivity contribution in [3.8, 4) is 6.07 Å². The topological polar surface area (TPSA) is 77.8 Å². The Labute approximate surface area is 153 Å². The Morgan fingerprint density at radius 2 is 1.76 bits per heavy atom. The van der Waals surface area contributed by atoms with E-state index in [4.69, 9.17) is 5.26 Å². The van der Waals surface area contributed by atoms with E-state index in [1.165, 1.54) is 0 Å². The second-order valence-corrected chi connectivity index (χ2v) is 6.13. The average Bonchev–Trinajstić information content (AvgIpc) is 2.62. The van der Waals surface area contributed by atoms with E-state index in [2.05, 4.69) is 37.6 Å². The highest BCUT2D eigenvalue weighted by molar-refractivity contribution is 9.10. The number of nitrogens with zero attached hydrogens (tertiary/aromatic N) is 2. The van der Waals surface area contributed by atoms with E-state index in [9.17, 15) is 4.79 Å². The molecule has 0 unspecified atom stereocenters. The summed E-state index contributed by atoms with van der Waals surface area (Å²) in [5.74, 6) is -0.299. The number of hydrogen-bond donors (Lipinski definition) is 2. The molecule has 0 spiro atoms. The number of carbonyl (C=O) groups is 1. The van der Waals surface area contributed by atoms with Crippen LogP contribution in [0.4, 0.5) is 17.1 Å². The molecule has 0 saturated carbocycles. The number of amides is 1. The number of carbonyl (C=O) groups excluding carboxylic acids is 1. The van der Waals surface area contributed by atoms with Crippen LogP contribution in [0, 0.1) is 11.3 Å². The highest BCUT2D eigenvalue weighted by Gasteiger charge is 2.09. The lowest BCUT2D eigenvalue weighted by Crippen LogP contribution is -2.13. The zero-order valence-electron chi connectivity index (χ0n) is 13.0. The first kappa shape index (κ1) is 16.7. The summed E-state index contributed by atoms with van der Waals surface area (Å²) in [6.45, 7) is 0. The number of nitriles is 1. The van der Waals surface area contributed by atoms with Crippen LogP contribution < -0.4 is 10.6 Å². The summed E-state index contributed by atoms with van der Waals surface area (Å²) in [7, 11) is 0. The van der Waals surface area contributed by atoms with Crippen LogP contribution in [0.5, 0.6) is 0 Å². The molecule has 122 valence electrons. The van der Waals surface area contributed by atoms with Gasteiger partial charge in [-0.2, -0.15) is 5.26 Å². The van der Waals surface area contributed by atoms with Crippen LogP contribution in [0.15, 0.2) is 71.3 Å². The smallest absolute Gasteiger partial charge is 0.274 e. The van der Waals surface area contributed by atoms with Crippen molar-refractivity contribution < 1.29 is 4.79 Å². The van der Waals surface area contributed by atoms with Gasteiger partial charge >= 0.3 is 0 Å². The molecule has 3 rings (SSSR count). The highest BCUT2D eigenvalue weighted by Crippen LogP contribution is 2.19. The molecule has 0 aliphatic heterocycles. The molecule has 6 heteroatoms. The minimum atomic E-state index is -0.299. The Bertz CT molecular complexity index is 965. The number of halogens is 1. The van der Waals surface area contributed by atoms with Crippen molar-refractivity contribution in [2.75, 3.05) is 10.6 Å². The van der Waals surface area contributed by atoms with Crippen molar-refractivity contribution in [1.82, 2.24) is 4.98 Å². The van der Waals surface area contributed by atoms with Crippen LogP contribution >= 0.6 is 15.9 Å². The molecule has 0 radical (unpaired) electrons. The molecule has 2 aromatic carbocycles. The predicted octanol–water partition coefficient (Wildman–Crippen LogP) is 4.71. The molecule has 0 aliphatic rings. The maximum Gasteiger partial charge on any atom is 0.274 e. The van der Waals surface area contributed by atoms with Crippen LogP contribution in [0.3, 0.4) is 0 Å². The second kappa shape index (κ2) is 7.60. The fourth-order valence-electron chi connectivity index (χ4n) is 2.23. The quantitative estimate of drug-likeness (QED) is 0.673. The summed E-state index contributed by atoms with van der Waals surface area (Å²) >= 11 is 3.37. The maximum atomic E-state index is 12.4. The molecular formula is C19H13BrN4O. The molecule has 0 aliphatic carbocycles. The predicted molar refractivity (Wildman–Crippen MR) is 101 cm³/mol. The standard InChI is InChI=1S/C19H13BrN4O/c20-14-4-2-6-16(10-14)24-19(25)18-11-17(7-8-22-18)23-15-5-1-3-13(9-15)12-21/h1-11H,(H,22,23)(H,24,25). The summed E-state index contributed by atoms with van der Waals surface area (Å²) in [6, 6.07) is 20.0. The lowest BCUT2D eigenvalue weighted by Gasteiger charge is -2.09. The average molecular weight is 393 g/mol. The molecule has 0 fully saturated rings. The van der Waals surface area contributed by atoms with E-state index in [0.717, 1.165) is 10.2 Å². The van der Waals surface area contributed by atoms with Crippen molar-refractivity contribution >= 4 is 38.9 Å². The first-order valence-corrected chi connectivity index (χ1v) is 8.23. The van der Waals surface area contributed by atoms with Crippen molar-refractivity contribution in [2.45, 2.75) is 0 Å². The monoisotopic (exact) mass is 392 g/mol. The summed E-state index contributed by atoms with van der Waals surface area (Å²) in [4.78, 5) is 16.5. The van der Waals surface area contributed by atoms with E-state index in [0.29, 0.717) is 22.6 Å². The van der Waals surface area contributed by atoms with E-state index in [1.807, 2.05) is 24.3 Å². The highest BCUT2D eigenvalue weighted by atomic mass is 79.9. The summed E-state index contributed by atoms with van der Waals surface area (Å²) < 4.78 is 0.881. The Hall–Kier alpha value is -3.17. The Morgan fingerprint density at radius 1 is 1.00 bits per heavy atom. The molecule has 1 amide bonds. The van der Waals surface area contributed by atoms with Crippen LogP contribution in [0.2, 0.25) is 0 Å². The lowest BCUT2D eigenvalue weighted by atomic mass is 10.2. The van der Waals surface area contributed by atoms with Gasteiger partial charge in [-0.25, -0.2) is 0 Å². The fourth-order valence-corrected chi connectivity index (χ4v) is 2.63. The van der Waals surface area contributed by atoms with Crippen LogP contribution in [-0.4, -0.2) is 10.9 Å². The van der Waals surface area contributed by atoms with Crippen LogP contribution in [0.25, 0.3) is 0 Å². The summed E-state index contributed by atoms with van der Waals surface area (Å²) in [5.41, 5.74) is 3.02. The van der Waals surface area contributed by atoms with Gasteiger partial charge in [0, 0.05) is 27.7 Å². The fraction of sp³-hybridized carbons (Fsp3) is 0. The second-order valence-electron chi connectivity index (χ2n) is 5.21. The van der Waals surface area contributed by atoms with Gasteiger partial charge in [0.1, 0.15) is 5.69 Å². The van der Waals surface area contributed by atoms with Crippen LogP contribution in [0.1, 0.15) is 16.1 Å². The van der Waals surface area contributed by atoms with Gasteiger partial charge in [-0.1, -0.05) is 28.1 Å². The SMILES string of the molecule is N#Cc1cccc(Nc2ccnc(C(=O)Nc3cccc(Br)c3)c2)c1. The minimum Gasteiger partial charge on any atom is -0.355 e. The molecule has 1 aromatic heterocycles. The third-order valence-corrected chi connectivity index (χ3v) is 3.85. The number of aromatic nitrogens is 1.